The summed E-state index contributed by atoms with van der Waals surface area (Å²) in [5.41, 5.74) is 3.39. The lowest BCUT2D eigenvalue weighted by Crippen LogP contribution is -1.94. The van der Waals surface area contributed by atoms with Gasteiger partial charge >= 0.3 is 0 Å². The van der Waals surface area contributed by atoms with Gasteiger partial charge in [-0.1, -0.05) is 35.9 Å². The summed E-state index contributed by atoms with van der Waals surface area (Å²) in [6.07, 6.45) is 0. The molecule has 3 aromatic rings. The van der Waals surface area contributed by atoms with E-state index in [0.717, 1.165) is 27.5 Å². The number of rotatable bonds is 4. The third-order valence-corrected chi connectivity index (χ3v) is 4.36. The zero-order chi connectivity index (χ0) is 14.7. The molecular weight excluding hydrogens is 300 g/mol. The van der Waals surface area contributed by atoms with Gasteiger partial charge in [0.1, 0.15) is 5.75 Å². The molecule has 1 aromatic heterocycles. The minimum atomic E-state index is 0.662. The number of ether oxygens (including phenoxy) is 1. The summed E-state index contributed by atoms with van der Waals surface area (Å²) in [6, 6.07) is 18.4. The molecule has 21 heavy (non-hydrogen) atoms. The molecule has 0 saturated carbocycles. The van der Waals surface area contributed by atoms with Crippen LogP contribution in [-0.2, 0) is 0 Å². The van der Waals surface area contributed by atoms with Gasteiger partial charge in [0, 0.05) is 15.5 Å². The van der Waals surface area contributed by atoms with Gasteiger partial charge in [0.15, 0.2) is 0 Å². The molecule has 2 aromatic carbocycles. The molecule has 106 valence electrons. The van der Waals surface area contributed by atoms with Crippen LogP contribution < -0.4 is 4.74 Å². The maximum Gasteiger partial charge on any atom is 0.127 e. The summed E-state index contributed by atoms with van der Waals surface area (Å²) in [7, 11) is 0. The summed E-state index contributed by atoms with van der Waals surface area (Å²) in [4.78, 5) is 1.21. The standard InChI is InChI=1S/C18H15ClOS/c1-2-20-17-9-8-14(13-5-3-6-15(19)11-13)12-16(17)18-7-4-10-21-18/h3-12H,2H2,1H3. The molecule has 0 saturated heterocycles. The molecule has 3 rings (SSSR count). The molecule has 1 heterocycles. The van der Waals surface area contributed by atoms with Crippen LogP contribution in [0.15, 0.2) is 60.0 Å². The van der Waals surface area contributed by atoms with Crippen molar-refractivity contribution in [2.24, 2.45) is 0 Å². The van der Waals surface area contributed by atoms with Crippen molar-refractivity contribution in [2.75, 3.05) is 6.61 Å². The fourth-order valence-electron chi connectivity index (χ4n) is 2.28. The summed E-state index contributed by atoms with van der Waals surface area (Å²) < 4.78 is 5.76. The number of hydrogen-bond acceptors (Lipinski definition) is 2. The molecule has 0 radical (unpaired) electrons. The van der Waals surface area contributed by atoms with Gasteiger partial charge in [-0.25, -0.2) is 0 Å². The van der Waals surface area contributed by atoms with Gasteiger partial charge in [-0.2, -0.15) is 0 Å². The molecule has 0 N–H and O–H groups in total. The van der Waals surface area contributed by atoms with E-state index in [9.17, 15) is 0 Å². The summed E-state index contributed by atoms with van der Waals surface area (Å²) >= 11 is 7.81. The van der Waals surface area contributed by atoms with Crippen molar-refractivity contribution >= 4 is 22.9 Å². The lowest BCUT2D eigenvalue weighted by atomic mass is 10.0. The van der Waals surface area contributed by atoms with Crippen LogP contribution in [0.1, 0.15) is 6.92 Å². The maximum atomic E-state index is 6.09. The van der Waals surface area contributed by atoms with E-state index in [2.05, 4.69) is 35.7 Å². The molecular formula is C18H15ClOS. The summed E-state index contributed by atoms with van der Waals surface area (Å²) in [5.74, 6) is 0.922. The van der Waals surface area contributed by atoms with Gasteiger partial charge in [-0.3, -0.25) is 0 Å². The van der Waals surface area contributed by atoms with Crippen LogP contribution in [0.25, 0.3) is 21.6 Å². The smallest absolute Gasteiger partial charge is 0.127 e. The zero-order valence-electron chi connectivity index (χ0n) is 11.7. The van der Waals surface area contributed by atoms with E-state index in [4.69, 9.17) is 16.3 Å². The van der Waals surface area contributed by atoms with E-state index >= 15 is 0 Å². The fourth-order valence-corrected chi connectivity index (χ4v) is 3.22. The van der Waals surface area contributed by atoms with Crippen molar-refractivity contribution in [3.63, 3.8) is 0 Å². The minimum Gasteiger partial charge on any atom is -0.493 e. The van der Waals surface area contributed by atoms with Crippen molar-refractivity contribution in [1.82, 2.24) is 0 Å². The molecule has 0 unspecified atom stereocenters. The zero-order valence-corrected chi connectivity index (χ0v) is 13.2. The van der Waals surface area contributed by atoms with Gasteiger partial charge < -0.3 is 4.74 Å². The quantitative estimate of drug-likeness (QED) is 0.562. The van der Waals surface area contributed by atoms with E-state index in [0.29, 0.717) is 6.61 Å². The van der Waals surface area contributed by atoms with Crippen molar-refractivity contribution in [3.05, 3.63) is 65.0 Å². The third kappa shape index (κ3) is 3.12. The average Bonchev–Trinajstić information content (AvgIpc) is 3.02. The van der Waals surface area contributed by atoms with Crippen LogP contribution in [0.4, 0.5) is 0 Å². The Hall–Kier alpha value is -1.77. The minimum absolute atomic E-state index is 0.662. The first-order valence-electron chi connectivity index (χ1n) is 6.84. The van der Waals surface area contributed by atoms with Gasteiger partial charge in [0.05, 0.1) is 6.61 Å². The second-order valence-electron chi connectivity index (χ2n) is 4.63. The molecule has 0 aliphatic heterocycles. The van der Waals surface area contributed by atoms with Gasteiger partial charge in [-0.05, 0) is 53.8 Å². The normalized spacial score (nSPS) is 10.6. The molecule has 0 bridgehead atoms. The van der Waals surface area contributed by atoms with E-state index in [1.54, 1.807) is 11.3 Å². The number of hydrogen-bond donors (Lipinski definition) is 0. The highest BCUT2D eigenvalue weighted by molar-refractivity contribution is 7.13. The SMILES string of the molecule is CCOc1ccc(-c2cccc(Cl)c2)cc1-c1cccs1. The van der Waals surface area contributed by atoms with E-state index in [1.807, 2.05) is 31.2 Å². The Morgan fingerprint density at radius 1 is 1.00 bits per heavy atom. The Bertz CT molecular complexity index is 735. The van der Waals surface area contributed by atoms with Gasteiger partial charge in [-0.15, -0.1) is 11.3 Å². The maximum absolute atomic E-state index is 6.09. The van der Waals surface area contributed by atoms with E-state index in [1.165, 1.54) is 4.88 Å². The largest absolute Gasteiger partial charge is 0.493 e. The molecule has 0 spiro atoms. The Morgan fingerprint density at radius 3 is 2.57 bits per heavy atom. The number of thiophene rings is 1. The second kappa shape index (κ2) is 6.33. The highest BCUT2D eigenvalue weighted by Gasteiger charge is 2.09. The second-order valence-corrected chi connectivity index (χ2v) is 6.02. The Labute approximate surface area is 133 Å². The van der Waals surface area contributed by atoms with Crippen molar-refractivity contribution in [3.8, 4) is 27.3 Å². The molecule has 0 aliphatic rings. The van der Waals surface area contributed by atoms with Crippen LogP contribution in [-0.4, -0.2) is 6.61 Å². The van der Waals surface area contributed by atoms with Crippen LogP contribution in [0, 0.1) is 0 Å². The van der Waals surface area contributed by atoms with Gasteiger partial charge in [0.25, 0.3) is 0 Å². The third-order valence-electron chi connectivity index (χ3n) is 3.22. The monoisotopic (exact) mass is 314 g/mol. The van der Waals surface area contributed by atoms with Gasteiger partial charge in [0.2, 0.25) is 0 Å². The summed E-state index contributed by atoms with van der Waals surface area (Å²) in [6.45, 7) is 2.66. The fraction of sp³-hybridized carbons (Fsp3) is 0.111. The molecule has 0 aliphatic carbocycles. The van der Waals surface area contributed by atoms with Crippen LogP contribution in [0.5, 0.6) is 5.75 Å². The number of benzene rings is 2. The topological polar surface area (TPSA) is 9.23 Å². The first kappa shape index (κ1) is 14.2. The first-order valence-corrected chi connectivity index (χ1v) is 8.10. The molecule has 3 heteroatoms. The predicted molar refractivity (Wildman–Crippen MR) is 91.4 cm³/mol. The average molecular weight is 315 g/mol. The lowest BCUT2D eigenvalue weighted by Gasteiger charge is -2.11. The first-order chi connectivity index (χ1) is 10.3. The molecule has 0 atom stereocenters. The van der Waals surface area contributed by atoms with Crippen molar-refractivity contribution < 1.29 is 4.74 Å². The van der Waals surface area contributed by atoms with Crippen molar-refractivity contribution in [1.29, 1.82) is 0 Å². The highest BCUT2D eigenvalue weighted by atomic mass is 35.5. The Morgan fingerprint density at radius 2 is 1.86 bits per heavy atom. The van der Waals surface area contributed by atoms with Crippen LogP contribution >= 0.6 is 22.9 Å². The van der Waals surface area contributed by atoms with E-state index in [-0.39, 0.29) is 0 Å². The van der Waals surface area contributed by atoms with Crippen LogP contribution in [0.3, 0.4) is 0 Å². The number of halogens is 1. The molecule has 1 nitrogen and oxygen atoms in total. The molecule has 0 amide bonds. The predicted octanol–water partition coefficient (Wildman–Crippen LogP) is 6.13. The van der Waals surface area contributed by atoms with Crippen LogP contribution in [0.2, 0.25) is 5.02 Å². The van der Waals surface area contributed by atoms with E-state index < -0.39 is 0 Å². The molecule has 0 fully saturated rings. The Balaban J connectivity index is 2.10. The summed E-state index contributed by atoms with van der Waals surface area (Å²) in [5, 5.41) is 2.83. The Kier molecular flexibility index (Phi) is 4.28. The van der Waals surface area contributed by atoms with Crippen molar-refractivity contribution in [2.45, 2.75) is 6.92 Å². The lowest BCUT2D eigenvalue weighted by molar-refractivity contribution is 0.342. The highest BCUT2D eigenvalue weighted by Crippen LogP contribution is 2.37.